The maximum Gasteiger partial charge on any atom is 0.254 e. The predicted octanol–water partition coefficient (Wildman–Crippen LogP) is 2.74. The van der Waals surface area contributed by atoms with Crippen molar-refractivity contribution in [2.45, 2.75) is 30.3 Å². The molecule has 3 rings (SSSR count). The van der Waals surface area contributed by atoms with Crippen molar-refractivity contribution in [2.75, 3.05) is 14.1 Å². The van der Waals surface area contributed by atoms with Gasteiger partial charge in [0.05, 0.1) is 4.90 Å². The van der Waals surface area contributed by atoms with Gasteiger partial charge in [-0.1, -0.05) is 30.3 Å². The molecule has 25 heavy (non-hydrogen) atoms. The van der Waals surface area contributed by atoms with Gasteiger partial charge in [0.15, 0.2) is 0 Å². The summed E-state index contributed by atoms with van der Waals surface area (Å²) in [4.78, 5) is 15.0. The van der Waals surface area contributed by atoms with Crippen LogP contribution in [0, 0.1) is 0 Å². The first-order chi connectivity index (χ1) is 11.9. The molecule has 5 nitrogen and oxygen atoms in total. The third-order valence-electron chi connectivity index (χ3n) is 4.32. The van der Waals surface area contributed by atoms with Gasteiger partial charge >= 0.3 is 0 Å². The fourth-order valence-electron chi connectivity index (χ4n) is 2.68. The van der Waals surface area contributed by atoms with E-state index in [0.717, 1.165) is 22.7 Å². The van der Waals surface area contributed by atoms with Crippen LogP contribution in [0.15, 0.2) is 59.5 Å². The van der Waals surface area contributed by atoms with Crippen molar-refractivity contribution in [3.63, 3.8) is 0 Å². The highest BCUT2D eigenvalue weighted by Gasteiger charge is 2.33. The van der Waals surface area contributed by atoms with E-state index in [1.54, 1.807) is 12.1 Å². The Balaban J connectivity index is 1.81. The van der Waals surface area contributed by atoms with Crippen molar-refractivity contribution < 1.29 is 13.2 Å². The number of benzene rings is 2. The minimum absolute atomic E-state index is 0.0554. The van der Waals surface area contributed by atoms with Gasteiger partial charge in [0.25, 0.3) is 5.91 Å². The molecule has 0 aliphatic heterocycles. The monoisotopic (exact) mass is 358 g/mol. The van der Waals surface area contributed by atoms with Crippen LogP contribution in [0.1, 0.15) is 28.8 Å². The van der Waals surface area contributed by atoms with E-state index >= 15 is 0 Å². The van der Waals surface area contributed by atoms with Gasteiger partial charge in [-0.15, -0.1) is 0 Å². The Bertz CT molecular complexity index is 842. The molecule has 0 saturated heterocycles. The second-order valence-corrected chi connectivity index (χ2v) is 8.61. The Kier molecular flexibility index (Phi) is 4.92. The average molecular weight is 358 g/mol. The Hall–Kier alpha value is -2.18. The zero-order chi connectivity index (χ0) is 18.0. The van der Waals surface area contributed by atoms with Crippen molar-refractivity contribution in [2.24, 2.45) is 0 Å². The quantitative estimate of drug-likeness (QED) is 0.798. The van der Waals surface area contributed by atoms with Crippen LogP contribution in [-0.2, 0) is 16.6 Å². The van der Waals surface area contributed by atoms with Crippen LogP contribution in [-0.4, -0.2) is 43.7 Å². The highest BCUT2D eigenvalue weighted by molar-refractivity contribution is 7.89. The summed E-state index contributed by atoms with van der Waals surface area (Å²) in [5, 5.41) is 0. The molecular formula is C19H22N2O3S. The van der Waals surface area contributed by atoms with Gasteiger partial charge in [0.2, 0.25) is 10.0 Å². The summed E-state index contributed by atoms with van der Waals surface area (Å²) in [5.41, 5.74) is 1.61. The first-order valence-electron chi connectivity index (χ1n) is 8.27. The Morgan fingerprint density at radius 3 is 2.12 bits per heavy atom. The van der Waals surface area contributed by atoms with Crippen molar-refractivity contribution in [3.05, 3.63) is 65.7 Å². The van der Waals surface area contributed by atoms with E-state index in [-0.39, 0.29) is 16.8 Å². The smallest absolute Gasteiger partial charge is 0.254 e. The van der Waals surface area contributed by atoms with Crippen molar-refractivity contribution >= 4 is 15.9 Å². The van der Waals surface area contributed by atoms with Crippen LogP contribution >= 0.6 is 0 Å². The van der Waals surface area contributed by atoms with Gasteiger partial charge in [-0.3, -0.25) is 4.79 Å². The maximum absolute atomic E-state index is 12.9. The largest absolute Gasteiger partial charge is 0.331 e. The molecule has 1 aliphatic carbocycles. The number of carbonyl (C=O) groups is 1. The number of hydrogen-bond acceptors (Lipinski definition) is 3. The van der Waals surface area contributed by atoms with Gasteiger partial charge in [-0.25, -0.2) is 12.7 Å². The summed E-state index contributed by atoms with van der Waals surface area (Å²) in [6, 6.07) is 16.4. The predicted molar refractivity (Wildman–Crippen MR) is 96.7 cm³/mol. The molecular weight excluding hydrogens is 336 g/mol. The molecule has 6 heteroatoms. The fraction of sp³-hybridized carbons (Fsp3) is 0.316. The van der Waals surface area contributed by atoms with Crippen molar-refractivity contribution in [1.29, 1.82) is 0 Å². The molecule has 132 valence electrons. The Labute approximate surface area is 148 Å². The lowest BCUT2D eigenvalue weighted by Gasteiger charge is -2.23. The van der Waals surface area contributed by atoms with E-state index in [1.807, 2.05) is 35.2 Å². The van der Waals surface area contributed by atoms with E-state index in [9.17, 15) is 13.2 Å². The normalized spacial score (nSPS) is 14.5. The SMILES string of the molecule is CN(C)S(=O)(=O)c1ccc(C(=O)N(Cc2ccccc2)C2CC2)cc1. The van der Waals surface area contributed by atoms with E-state index in [1.165, 1.54) is 26.2 Å². The van der Waals surface area contributed by atoms with Crippen LogP contribution in [0.3, 0.4) is 0 Å². The van der Waals surface area contributed by atoms with E-state index < -0.39 is 10.0 Å². The van der Waals surface area contributed by atoms with Gasteiger partial charge in [0, 0.05) is 32.2 Å². The number of amides is 1. The van der Waals surface area contributed by atoms with Gasteiger partial charge < -0.3 is 4.90 Å². The van der Waals surface area contributed by atoms with Gasteiger partial charge in [-0.05, 0) is 42.7 Å². The Morgan fingerprint density at radius 1 is 1.00 bits per heavy atom. The van der Waals surface area contributed by atoms with E-state index in [2.05, 4.69) is 0 Å². The topological polar surface area (TPSA) is 57.7 Å². The molecule has 1 aliphatic rings. The minimum atomic E-state index is -3.48. The molecule has 1 saturated carbocycles. The zero-order valence-corrected chi connectivity index (χ0v) is 15.2. The molecule has 0 N–H and O–H groups in total. The molecule has 0 bridgehead atoms. The first-order valence-corrected chi connectivity index (χ1v) is 9.71. The molecule has 2 aromatic carbocycles. The fourth-order valence-corrected chi connectivity index (χ4v) is 3.58. The third-order valence-corrected chi connectivity index (χ3v) is 6.15. The standard InChI is InChI=1S/C19H22N2O3S/c1-20(2)25(23,24)18-12-8-16(9-13-18)19(22)21(17-10-11-17)14-15-6-4-3-5-7-15/h3-9,12-13,17H,10-11,14H2,1-2H3. The summed E-state index contributed by atoms with van der Waals surface area (Å²) in [5.74, 6) is -0.0554. The van der Waals surface area contributed by atoms with Crippen LogP contribution < -0.4 is 0 Å². The van der Waals surface area contributed by atoms with Crippen molar-refractivity contribution in [3.8, 4) is 0 Å². The summed E-state index contributed by atoms with van der Waals surface area (Å²) < 4.78 is 25.4. The number of hydrogen-bond donors (Lipinski definition) is 0. The lowest BCUT2D eigenvalue weighted by molar-refractivity contribution is 0.0730. The summed E-state index contributed by atoms with van der Waals surface area (Å²) in [7, 11) is -0.505. The van der Waals surface area contributed by atoms with Gasteiger partial charge in [-0.2, -0.15) is 0 Å². The van der Waals surface area contributed by atoms with Crippen LogP contribution in [0.25, 0.3) is 0 Å². The number of sulfonamides is 1. The number of carbonyl (C=O) groups excluding carboxylic acids is 1. The summed E-state index contributed by atoms with van der Waals surface area (Å²) >= 11 is 0. The molecule has 2 aromatic rings. The second kappa shape index (κ2) is 6.98. The van der Waals surface area contributed by atoms with Crippen LogP contribution in [0.5, 0.6) is 0 Å². The lowest BCUT2D eigenvalue weighted by Crippen LogP contribution is -2.32. The van der Waals surface area contributed by atoms with Crippen molar-refractivity contribution in [1.82, 2.24) is 9.21 Å². The van der Waals surface area contributed by atoms with Gasteiger partial charge in [0.1, 0.15) is 0 Å². The van der Waals surface area contributed by atoms with Crippen LogP contribution in [0.4, 0.5) is 0 Å². The number of nitrogens with zero attached hydrogens (tertiary/aromatic N) is 2. The first kappa shape index (κ1) is 17.6. The molecule has 0 unspecified atom stereocenters. The maximum atomic E-state index is 12.9. The molecule has 1 amide bonds. The summed E-state index contributed by atoms with van der Waals surface area (Å²) in [6.45, 7) is 0.572. The molecule has 0 radical (unpaired) electrons. The molecule has 0 atom stereocenters. The molecule has 0 spiro atoms. The molecule has 0 aromatic heterocycles. The third kappa shape index (κ3) is 3.91. The van der Waals surface area contributed by atoms with E-state index in [4.69, 9.17) is 0 Å². The average Bonchev–Trinajstić information content (AvgIpc) is 3.45. The highest BCUT2D eigenvalue weighted by Crippen LogP contribution is 2.30. The highest BCUT2D eigenvalue weighted by atomic mass is 32.2. The second-order valence-electron chi connectivity index (χ2n) is 6.46. The molecule has 1 fully saturated rings. The van der Waals surface area contributed by atoms with E-state index in [0.29, 0.717) is 12.1 Å². The molecule has 0 heterocycles. The Morgan fingerprint density at radius 2 is 1.60 bits per heavy atom. The minimum Gasteiger partial charge on any atom is -0.331 e. The van der Waals surface area contributed by atoms with Crippen LogP contribution in [0.2, 0.25) is 0 Å². The number of rotatable bonds is 6. The zero-order valence-electron chi connectivity index (χ0n) is 14.4. The summed E-state index contributed by atoms with van der Waals surface area (Å²) in [6.07, 6.45) is 2.04. The lowest BCUT2D eigenvalue weighted by atomic mass is 10.1.